The van der Waals surface area contributed by atoms with E-state index < -0.39 is 20.2 Å². The van der Waals surface area contributed by atoms with E-state index in [0.717, 1.165) is 36.2 Å². The first-order chi connectivity index (χ1) is 8.60. The molecule has 1 aliphatic rings. The molecule has 114 valence electrons. The van der Waals surface area contributed by atoms with Crippen LogP contribution in [0.3, 0.4) is 0 Å². The number of hydrogen-bond acceptors (Lipinski definition) is 4. The van der Waals surface area contributed by atoms with Gasteiger partial charge in [0.1, 0.15) is 0 Å². The van der Waals surface area contributed by atoms with Crippen LogP contribution < -0.4 is 9.44 Å². The molecule has 7 nitrogen and oxygen atoms in total. The fourth-order valence-corrected chi connectivity index (χ4v) is 3.69. The molecule has 0 aromatic heterocycles. The Bertz CT molecular complexity index is 479. The summed E-state index contributed by atoms with van der Waals surface area (Å²) in [5.41, 5.74) is 0. The molecule has 0 amide bonds. The highest BCUT2D eigenvalue weighted by Crippen LogP contribution is 2.24. The molecule has 0 aliphatic heterocycles. The number of rotatable bonds is 6. The fourth-order valence-electron chi connectivity index (χ4n) is 2.14. The molecule has 0 atom stereocenters. The van der Waals surface area contributed by atoms with Crippen molar-refractivity contribution in [2.75, 3.05) is 26.9 Å². The van der Waals surface area contributed by atoms with E-state index in [9.17, 15) is 16.8 Å². The Morgan fingerprint density at radius 1 is 1.05 bits per heavy atom. The first kappa shape index (κ1) is 16.8. The second-order valence-electron chi connectivity index (χ2n) is 5.24. The van der Waals surface area contributed by atoms with Gasteiger partial charge in [-0.1, -0.05) is 0 Å². The van der Waals surface area contributed by atoms with Gasteiger partial charge in [0.25, 0.3) is 10.2 Å². The topological polar surface area (TPSA) is 95.6 Å². The van der Waals surface area contributed by atoms with Gasteiger partial charge in [-0.05, 0) is 31.6 Å². The first-order valence-corrected chi connectivity index (χ1v) is 9.58. The van der Waals surface area contributed by atoms with Gasteiger partial charge in [-0.3, -0.25) is 0 Å². The van der Waals surface area contributed by atoms with Gasteiger partial charge >= 0.3 is 0 Å². The molecule has 0 aromatic rings. The van der Waals surface area contributed by atoms with E-state index in [0.29, 0.717) is 6.54 Å². The van der Waals surface area contributed by atoms with Gasteiger partial charge in [-0.2, -0.15) is 12.7 Å². The van der Waals surface area contributed by atoms with Crippen molar-refractivity contribution in [3.05, 3.63) is 0 Å². The first-order valence-electron chi connectivity index (χ1n) is 6.24. The van der Waals surface area contributed by atoms with Crippen molar-refractivity contribution in [1.29, 1.82) is 0 Å². The van der Waals surface area contributed by atoms with Crippen LogP contribution in [-0.4, -0.2) is 54.1 Å². The van der Waals surface area contributed by atoms with Gasteiger partial charge in [0.2, 0.25) is 10.0 Å². The van der Waals surface area contributed by atoms with Crippen molar-refractivity contribution in [3.8, 4) is 0 Å². The molecule has 9 heteroatoms. The molecule has 0 saturated heterocycles. The van der Waals surface area contributed by atoms with Crippen molar-refractivity contribution < 1.29 is 16.8 Å². The molecule has 0 bridgehead atoms. The third-order valence-electron chi connectivity index (χ3n) is 3.26. The molecule has 1 saturated carbocycles. The third kappa shape index (κ3) is 6.17. The molecule has 0 heterocycles. The minimum atomic E-state index is -3.37. The van der Waals surface area contributed by atoms with E-state index in [4.69, 9.17) is 0 Å². The van der Waals surface area contributed by atoms with Crippen molar-refractivity contribution in [2.24, 2.45) is 5.92 Å². The van der Waals surface area contributed by atoms with Crippen LogP contribution in [0.5, 0.6) is 0 Å². The summed E-state index contributed by atoms with van der Waals surface area (Å²) in [7, 11) is -3.56. The molecule has 0 aromatic carbocycles. The van der Waals surface area contributed by atoms with Gasteiger partial charge < -0.3 is 0 Å². The fraction of sp³-hybridized carbons (Fsp3) is 1.00. The van der Waals surface area contributed by atoms with Crippen LogP contribution in [-0.2, 0) is 20.2 Å². The summed E-state index contributed by atoms with van der Waals surface area (Å²) in [5.74, 6) is 0.271. The number of sulfonamides is 1. The monoisotopic (exact) mass is 313 g/mol. The van der Waals surface area contributed by atoms with Crippen LogP contribution in [0.15, 0.2) is 0 Å². The van der Waals surface area contributed by atoms with E-state index in [2.05, 4.69) is 9.44 Å². The quantitative estimate of drug-likeness (QED) is 0.690. The molecule has 0 radical (unpaired) electrons. The summed E-state index contributed by atoms with van der Waals surface area (Å²) in [6.45, 7) is 0.409. The van der Waals surface area contributed by atoms with Crippen molar-refractivity contribution in [3.63, 3.8) is 0 Å². The Balaban J connectivity index is 2.35. The second-order valence-corrected chi connectivity index (χ2v) is 8.99. The average Bonchev–Trinajstić information content (AvgIpc) is 2.26. The summed E-state index contributed by atoms with van der Waals surface area (Å²) < 4.78 is 51.6. The summed E-state index contributed by atoms with van der Waals surface area (Å²) >= 11 is 0. The zero-order chi connectivity index (χ0) is 14.7. The second kappa shape index (κ2) is 6.49. The lowest BCUT2D eigenvalue weighted by molar-refractivity contribution is 0.312. The lowest BCUT2D eigenvalue weighted by atomic mass is 9.87. The third-order valence-corrected chi connectivity index (χ3v) is 5.52. The van der Waals surface area contributed by atoms with Crippen molar-refractivity contribution >= 4 is 20.2 Å². The van der Waals surface area contributed by atoms with Crippen molar-refractivity contribution in [1.82, 2.24) is 13.7 Å². The number of nitrogens with one attached hydrogen (secondary N) is 2. The molecule has 1 aliphatic carbocycles. The Hall–Kier alpha value is -0.220. The Kier molecular flexibility index (Phi) is 5.75. The van der Waals surface area contributed by atoms with Crippen LogP contribution in [0.4, 0.5) is 0 Å². The van der Waals surface area contributed by atoms with Crippen LogP contribution in [0.2, 0.25) is 0 Å². The number of nitrogens with zero attached hydrogens (tertiary/aromatic N) is 1. The van der Waals surface area contributed by atoms with E-state index in [1.54, 1.807) is 0 Å². The van der Waals surface area contributed by atoms with Crippen LogP contribution in [0.1, 0.15) is 25.7 Å². The summed E-state index contributed by atoms with van der Waals surface area (Å²) in [4.78, 5) is 0. The zero-order valence-corrected chi connectivity index (χ0v) is 13.2. The highest BCUT2D eigenvalue weighted by Gasteiger charge is 2.24. The highest BCUT2D eigenvalue weighted by atomic mass is 32.2. The normalized spacial score (nSPS) is 25.7. The van der Waals surface area contributed by atoms with Crippen LogP contribution in [0.25, 0.3) is 0 Å². The maximum Gasteiger partial charge on any atom is 0.278 e. The smallest absolute Gasteiger partial charge is 0.213 e. The lowest BCUT2D eigenvalue weighted by Crippen LogP contribution is -2.41. The minimum absolute atomic E-state index is 0.0169. The summed E-state index contributed by atoms with van der Waals surface area (Å²) in [6, 6.07) is -0.0169. The Morgan fingerprint density at radius 3 is 2.00 bits per heavy atom. The van der Waals surface area contributed by atoms with E-state index in [-0.39, 0.29) is 12.0 Å². The van der Waals surface area contributed by atoms with Gasteiger partial charge in [-0.25, -0.2) is 17.9 Å². The van der Waals surface area contributed by atoms with Crippen LogP contribution >= 0.6 is 0 Å². The highest BCUT2D eigenvalue weighted by molar-refractivity contribution is 7.88. The molecule has 0 unspecified atom stereocenters. The number of hydrogen-bond donors (Lipinski definition) is 2. The Labute approximate surface area is 116 Å². The molecular formula is C10H23N3O4S2. The summed E-state index contributed by atoms with van der Waals surface area (Å²) in [5, 5.41) is 0. The SMILES string of the molecule is CN(C)S(=O)(=O)NC[C@H]1CC[C@H](NS(C)(=O)=O)CC1. The molecule has 1 rings (SSSR count). The maximum atomic E-state index is 11.5. The van der Waals surface area contributed by atoms with Crippen LogP contribution in [0, 0.1) is 5.92 Å². The Morgan fingerprint density at radius 2 is 1.58 bits per heavy atom. The van der Waals surface area contributed by atoms with E-state index in [1.807, 2.05) is 0 Å². The van der Waals surface area contributed by atoms with Gasteiger partial charge in [-0.15, -0.1) is 0 Å². The summed E-state index contributed by atoms with van der Waals surface area (Å²) in [6.07, 6.45) is 4.30. The minimum Gasteiger partial charge on any atom is -0.213 e. The molecule has 2 N–H and O–H groups in total. The largest absolute Gasteiger partial charge is 0.278 e. The average molecular weight is 313 g/mol. The molecule has 1 fully saturated rings. The zero-order valence-electron chi connectivity index (χ0n) is 11.6. The van der Waals surface area contributed by atoms with Gasteiger partial charge in [0, 0.05) is 26.7 Å². The predicted octanol–water partition coefficient (Wildman–Crippen LogP) is -0.510. The molecular weight excluding hydrogens is 290 g/mol. The predicted molar refractivity (Wildman–Crippen MR) is 74.3 cm³/mol. The molecule has 19 heavy (non-hydrogen) atoms. The lowest BCUT2D eigenvalue weighted by Gasteiger charge is -2.28. The van der Waals surface area contributed by atoms with Gasteiger partial charge in [0.15, 0.2) is 0 Å². The van der Waals surface area contributed by atoms with Gasteiger partial charge in [0.05, 0.1) is 6.26 Å². The van der Waals surface area contributed by atoms with E-state index in [1.165, 1.54) is 14.1 Å². The van der Waals surface area contributed by atoms with E-state index >= 15 is 0 Å². The standard InChI is InChI=1S/C10H23N3O4S2/c1-13(2)19(16,17)11-8-9-4-6-10(7-5-9)12-18(3,14)15/h9-12H,4-8H2,1-3H3/t9-,10-. The molecule has 0 spiro atoms. The van der Waals surface area contributed by atoms with Crippen molar-refractivity contribution in [2.45, 2.75) is 31.7 Å². The maximum absolute atomic E-state index is 11.5.